The number of hydrazine groups is 1. The van der Waals surface area contributed by atoms with Crippen molar-refractivity contribution in [3.05, 3.63) is 22.9 Å². The lowest BCUT2D eigenvalue weighted by Crippen LogP contribution is -2.47. The number of fused-ring (bicyclic) bond motifs is 1. The highest BCUT2D eigenvalue weighted by Gasteiger charge is 2.22. The number of nitrogens with zero attached hydrogens (tertiary/aromatic N) is 2. The van der Waals surface area contributed by atoms with Crippen LogP contribution in [-0.4, -0.2) is 46.6 Å². The number of nitrogens with one attached hydrogen (secondary N) is 3. The average molecular weight is 391 g/mol. The zero-order valence-corrected chi connectivity index (χ0v) is 16.5. The van der Waals surface area contributed by atoms with Gasteiger partial charge in [0.2, 0.25) is 12.3 Å². The Morgan fingerprint density at radius 2 is 2.18 bits per heavy atom. The molecule has 2 rings (SSSR count). The molecule has 1 aromatic rings. The van der Waals surface area contributed by atoms with E-state index in [0.29, 0.717) is 22.7 Å². The maximum absolute atomic E-state index is 12.5. The lowest BCUT2D eigenvalue weighted by atomic mass is 10.0. The molecule has 0 spiro atoms. The molecule has 4 N–H and O–H groups in total. The summed E-state index contributed by atoms with van der Waals surface area (Å²) in [6.07, 6.45) is 5.30. The molecule has 0 bridgehead atoms. The van der Waals surface area contributed by atoms with Crippen LogP contribution in [0.2, 0.25) is 0 Å². The summed E-state index contributed by atoms with van der Waals surface area (Å²) < 4.78 is 0. The number of hydrogen-bond donors (Lipinski definition) is 4. The maximum atomic E-state index is 12.5. The molecule has 1 atom stereocenters. The molecule has 1 aliphatic rings. The van der Waals surface area contributed by atoms with E-state index in [9.17, 15) is 19.6 Å². The Morgan fingerprint density at radius 1 is 1.39 bits per heavy atom. The molecule has 0 unspecified atom stereocenters. The first kappa shape index (κ1) is 21.6. The highest BCUT2D eigenvalue weighted by molar-refractivity contribution is 5.97. The molecule has 1 aliphatic heterocycles. The van der Waals surface area contributed by atoms with E-state index in [0.717, 1.165) is 50.0 Å². The van der Waals surface area contributed by atoms with Gasteiger partial charge < -0.3 is 5.32 Å². The molecule has 9 heteroatoms. The molecule has 2 heterocycles. The van der Waals surface area contributed by atoms with Crippen molar-refractivity contribution < 1.29 is 19.6 Å². The molecule has 0 radical (unpaired) electrons. The van der Waals surface area contributed by atoms with Crippen molar-refractivity contribution in [1.82, 2.24) is 20.9 Å². The summed E-state index contributed by atoms with van der Waals surface area (Å²) >= 11 is 0. The van der Waals surface area contributed by atoms with E-state index in [-0.39, 0.29) is 13.0 Å². The quantitative estimate of drug-likeness (QED) is 0.219. The van der Waals surface area contributed by atoms with Crippen LogP contribution in [0.4, 0.5) is 5.82 Å². The smallest absolute Gasteiger partial charge is 0.271 e. The van der Waals surface area contributed by atoms with Gasteiger partial charge in [-0.25, -0.2) is 10.0 Å². The number of hydroxylamine groups is 2. The molecular formula is C19H29N5O4. The normalized spacial score (nSPS) is 13.7. The van der Waals surface area contributed by atoms with Crippen LogP contribution in [-0.2, 0) is 16.0 Å². The second-order valence-electron chi connectivity index (χ2n) is 7.02. The Morgan fingerprint density at radius 3 is 2.89 bits per heavy atom. The second kappa shape index (κ2) is 10.6. The van der Waals surface area contributed by atoms with E-state index >= 15 is 0 Å². The molecule has 9 nitrogen and oxygen atoms in total. The summed E-state index contributed by atoms with van der Waals surface area (Å²) in [5.41, 5.74) is 6.79. The van der Waals surface area contributed by atoms with Crippen molar-refractivity contribution in [3.63, 3.8) is 0 Å². The molecule has 154 valence electrons. The van der Waals surface area contributed by atoms with Crippen LogP contribution in [0.1, 0.15) is 60.6 Å². The Bertz CT molecular complexity index is 710. The fraction of sp³-hybridized carbons (Fsp3) is 0.579. The van der Waals surface area contributed by atoms with Crippen molar-refractivity contribution in [2.75, 3.05) is 18.4 Å². The summed E-state index contributed by atoms with van der Waals surface area (Å²) in [6.45, 7) is 4.53. The van der Waals surface area contributed by atoms with E-state index in [1.807, 2.05) is 6.92 Å². The minimum absolute atomic E-state index is 0.125. The largest absolute Gasteiger partial charge is 0.370 e. The number of aromatic nitrogens is 1. The molecule has 3 amide bonds. The van der Waals surface area contributed by atoms with Crippen LogP contribution < -0.4 is 16.2 Å². The first-order chi connectivity index (χ1) is 13.5. The number of rotatable bonds is 9. The molecule has 1 aromatic heterocycles. The van der Waals surface area contributed by atoms with E-state index < -0.39 is 17.7 Å². The Hall–Kier alpha value is -2.68. The van der Waals surface area contributed by atoms with Crippen LogP contribution in [0.25, 0.3) is 0 Å². The second-order valence-corrected chi connectivity index (χ2v) is 7.02. The minimum Gasteiger partial charge on any atom is -0.370 e. The monoisotopic (exact) mass is 391 g/mol. The van der Waals surface area contributed by atoms with E-state index in [4.69, 9.17) is 0 Å². The number of unbranched alkanes of at least 4 members (excludes halogenated alkanes) is 2. The summed E-state index contributed by atoms with van der Waals surface area (Å²) in [5.74, 6) is -0.711. The third-order valence-electron chi connectivity index (χ3n) is 4.81. The topological polar surface area (TPSA) is 124 Å². The molecule has 0 aromatic carbocycles. The van der Waals surface area contributed by atoms with Gasteiger partial charge in [0.25, 0.3) is 5.91 Å². The molecular weight excluding hydrogens is 362 g/mol. The fourth-order valence-corrected chi connectivity index (χ4v) is 3.21. The lowest BCUT2D eigenvalue weighted by molar-refractivity contribution is -0.154. The molecule has 28 heavy (non-hydrogen) atoms. The zero-order chi connectivity index (χ0) is 20.5. The van der Waals surface area contributed by atoms with E-state index in [1.165, 1.54) is 0 Å². The lowest BCUT2D eigenvalue weighted by Gasteiger charge is -2.21. The van der Waals surface area contributed by atoms with Crippen LogP contribution in [0.5, 0.6) is 0 Å². The van der Waals surface area contributed by atoms with Gasteiger partial charge in [-0.2, -0.15) is 0 Å². The van der Waals surface area contributed by atoms with Crippen molar-refractivity contribution in [2.24, 2.45) is 5.92 Å². The predicted octanol–water partition coefficient (Wildman–Crippen LogP) is 1.55. The summed E-state index contributed by atoms with van der Waals surface area (Å²) in [6, 6.07) is 1.80. The summed E-state index contributed by atoms with van der Waals surface area (Å²) in [7, 11) is 0. The van der Waals surface area contributed by atoms with Crippen LogP contribution in [0.15, 0.2) is 6.07 Å². The van der Waals surface area contributed by atoms with Crippen molar-refractivity contribution in [2.45, 2.75) is 52.4 Å². The van der Waals surface area contributed by atoms with E-state index in [1.54, 1.807) is 13.0 Å². The highest BCUT2D eigenvalue weighted by Crippen LogP contribution is 2.22. The Balaban J connectivity index is 1.98. The van der Waals surface area contributed by atoms with Gasteiger partial charge in [-0.1, -0.05) is 26.2 Å². The average Bonchev–Trinajstić information content (AvgIpc) is 2.70. The summed E-state index contributed by atoms with van der Waals surface area (Å²) in [4.78, 5) is 40.0. The molecule has 0 saturated carbocycles. The van der Waals surface area contributed by atoms with Crippen LogP contribution >= 0.6 is 0 Å². The number of aryl methyl sites for hydroxylation is 2. The van der Waals surface area contributed by atoms with Crippen molar-refractivity contribution in [3.8, 4) is 0 Å². The highest BCUT2D eigenvalue weighted by atomic mass is 16.5. The molecule has 0 aliphatic carbocycles. The minimum atomic E-state index is -0.617. The van der Waals surface area contributed by atoms with Gasteiger partial charge in [0.05, 0.1) is 23.7 Å². The summed E-state index contributed by atoms with van der Waals surface area (Å²) in [5, 5.41) is 13.1. The number of carbonyl (C=O) groups excluding carboxylic acids is 3. The van der Waals surface area contributed by atoms with Gasteiger partial charge in [-0.05, 0) is 37.8 Å². The number of carbonyl (C=O) groups is 3. The van der Waals surface area contributed by atoms with Crippen molar-refractivity contribution in [1.29, 1.82) is 0 Å². The molecule has 0 saturated heterocycles. The first-order valence-electron chi connectivity index (χ1n) is 9.71. The number of anilines is 1. The van der Waals surface area contributed by atoms with Crippen molar-refractivity contribution >= 4 is 24.0 Å². The van der Waals surface area contributed by atoms with Gasteiger partial charge in [0.1, 0.15) is 5.82 Å². The SMILES string of the molecule is CCCCC[C@@H](CN(O)C=O)C(=O)NNC(=O)c1cc2c(nc1C)NCCC2. The first-order valence-corrected chi connectivity index (χ1v) is 9.71. The van der Waals surface area contributed by atoms with Gasteiger partial charge >= 0.3 is 0 Å². The third kappa shape index (κ3) is 5.91. The van der Waals surface area contributed by atoms with E-state index in [2.05, 4.69) is 21.2 Å². The maximum Gasteiger partial charge on any atom is 0.271 e. The Kier molecular flexibility index (Phi) is 8.19. The fourth-order valence-electron chi connectivity index (χ4n) is 3.21. The van der Waals surface area contributed by atoms with Crippen LogP contribution in [0, 0.1) is 12.8 Å². The van der Waals surface area contributed by atoms with Gasteiger partial charge in [0, 0.05) is 6.54 Å². The third-order valence-corrected chi connectivity index (χ3v) is 4.81. The Labute approximate surface area is 164 Å². The van der Waals surface area contributed by atoms with Gasteiger partial charge in [0.15, 0.2) is 0 Å². The van der Waals surface area contributed by atoms with Gasteiger partial charge in [-0.15, -0.1) is 0 Å². The predicted molar refractivity (Wildman–Crippen MR) is 104 cm³/mol. The number of amides is 3. The van der Waals surface area contributed by atoms with Gasteiger partial charge in [-0.3, -0.25) is 30.4 Å². The number of pyridine rings is 1. The van der Waals surface area contributed by atoms with Crippen LogP contribution in [0.3, 0.4) is 0 Å². The standard InChI is InChI=1S/C19H29N5O4/c1-3-4-5-7-15(11-24(28)12-25)18(26)22-23-19(27)16-10-14-8-6-9-20-17(14)21-13(16)2/h10,12,15,28H,3-9,11H2,1-2H3,(H,20,21)(H,22,26)(H,23,27)/t15-/m0/s1. The molecule has 0 fully saturated rings. The zero-order valence-electron chi connectivity index (χ0n) is 16.5. The number of hydrogen-bond acceptors (Lipinski definition) is 6.